The zero-order valence-electron chi connectivity index (χ0n) is 20.8. The molecule has 2 aliphatic heterocycles. The molecule has 2 unspecified atom stereocenters. The summed E-state index contributed by atoms with van der Waals surface area (Å²) >= 11 is 0. The number of piperidine rings is 2. The molecule has 0 radical (unpaired) electrons. The number of alkyl halides is 1. The second-order valence-corrected chi connectivity index (χ2v) is 10.1. The molecule has 6 rings (SSSR count). The lowest BCUT2D eigenvalue weighted by atomic mass is 9.78. The largest absolute Gasteiger partial charge is 0.491 e. The van der Waals surface area contributed by atoms with Crippen molar-refractivity contribution < 1.29 is 13.9 Å². The quantitative estimate of drug-likeness (QED) is 0.403. The molecule has 2 saturated heterocycles. The second kappa shape index (κ2) is 9.33. The number of anilines is 1. The van der Waals surface area contributed by atoms with Gasteiger partial charge in [-0.1, -0.05) is 25.1 Å². The van der Waals surface area contributed by atoms with Gasteiger partial charge in [-0.2, -0.15) is 0 Å². The maximum Gasteiger partial charge on any atom is 0.143 e. The minimum atomic E-state index is -1.22. The summed E-state index contributed by atoms with van der Waals surface area (Å²) in [5.74, 6) is 1.09. The number of halogens is 1. The number of nitrogens with zero attached hydrogens (tertiary/aromatic N) is 4. The predicted octanol–water partition coefficient (Wildman–Crippen LogP) is 4.49. The molecule has 2 aliphatic rings. The van der Waals surface area contributed by atoms with Gasteiger partial charge in [0.15, 0.2) is 0 Å². The first-order valence-corrected chi connectivity index (χ1v) is 12.7. The molecule has 0 amide bonds. The lowest BCUT2D eigenvalue weighted by Gasteiger charge is -2.48. The number of aromatic nitrogens is 3. The van der Waals surface area contributed by atoms with Crippen molar-refractivity contribution in [2.24, 2.45) is 5.92 Å². The van der Waals surface area contributed by atoms with Gasteiger partial charge in [0, 0.05) is 37.3 Å². The highest BCUT2D eigenvalue weighted by molar-refractivity contribution is 5.92. The number of fused-ring (bicyclic) bond motifs is 3. The van der Waals surface area contributed by atoms with E-state index in [4.69, 9.17) is 14.5 Å². The van der Waals surface area contributed by atoms with Gasteiger partial charge in [-0.3, -0.25) is 4.40 Å². The summed E-state index contributed by atoms with van der Waals surface area (Å²) in [6.07, 6.45) is 5.18. The second-order valence-electron chi connectivity index (χ2n) is 10.1. The number of ether oxygens (including phenoxy) is 2. The van der Waals surface area contributed by atoms with Crippen LogP contribution in [-0.2, 0) is 4.74 Å². The topological polar surface area (TPSA) is 63.9 Å². The third-order valence-electron chi connectivity index (χ3n) is 7.51. The highest BCUT2D eigenvalue weighted by Gasteiger charge is 2.47. The Hall–Kier alpha value is -3.23. The molecule has 0 spiro atoms. The minimum absolute atomic E-state index is 0.0648. The van der Waals surface area contributed by atoms with Crippen molar-refractivity contribution >= 4 is 22.2 Å². The van der Waals surface area contributed by atoms with Gasteiger partial charge in [-0.05, 0) is 43.5 Å². The van der Waals surface area contributed by atoms with Gasteiger partial charge in [0.1, 0.15) is 23.7 Å². The minimum Gasteiger partial charge on any atom is -0.491 e. The van der Waals surface area contributed by atoms with Crippen molar-refractivity contribution in [3.8, 4) is 17.1 Å². The smallest absolute Gasteiger partial charge is 0.143 e. The lowest BCUT2D eigenvalue weighted by Crippen LogP contribution is -2.63. The van der Waals surface area contributed by atoms with Gasteiger partial charge in [-0.15, -0.1) is 0 Å². The molecule has 0 saturated carbocycles. The van der Waals surface area contributed by atoms with Crippen LogP contribution in [0.25, 0.3) is 27.9 Å². The Balaban J connectivity index is 1.33. The molecule has 0 bridgehead atoms. The lowest BCUT2D eigenvalue weighted by molar-refractivity contribution is 0.0354. The number of methoxy groups -OCH3 is 1. The van der Waals surface area contributed by atoms with Gasteiger partial charge in [0.2, 0.25) is 0 Å². The summed E-state index contributed by atoms with van der Waals surface area (Å²) in [6.45, 7) is 5.24. The van der Waals surface area contributed by atoms with Crippen molar-refractivity contribution in [1.82, 2.24) is 19.7 Å². The Labute approximate surface area is 210 Å². The summed E-state index contributed by atoms with van der Waals surface area (Å²) in [7, 11) is 1.65. The summed E-state index contributed by atoms with van der Waals surface area (Å²) in [6, 6.07) is 14.1. The summed E-state index contributed by atoms with van der Waals surface area (Å²) in [5, 5.41) is 4.49. The number of hydrogen-bond acceptors (Lipinski definition) is 6. The Bertz CT molecular complexity index is 1390. The number of hydrogen-bond donors (Lipinski definition) is 1. The zero-order chi connectivity index (χ0) is 24.7. The van der Waals surface area contributed by atoms with Crippen LogP contribution in [0, 0.1) is 5.92 Å². The number of pyridine rings is 2. The zero-order valence-corrected chi connectivity index (χ0v) is 20.8. The van der Waals surface area contributed by atoms with Crippen LogP contribution in [0.4, 0.5) is 10.1 Å². The van der Waals surface area contributed by atoms with Crippen LogP contribution >= 0.6 is 0 Å². The number of imidazole rings is 1. The molecule has 7 nitrogen and oxygen atoms in total. The normalized spacial score (nSPS) is 24.2. The number of para-hydroxylation sites is 1. The van der Waals surface area contributed by atoms with Gasteiger partial charge < -0.3 is 19.7 Å². The average Bonchev–Trinajstić information content (AvgIpc) is 3.30. The van der Waals surface area contributed by atoms with E-state index >= 15 is 4.39 Å². The highest BCUT2D eigenvalue weighted by atomic mass is 19.1. The van der Waals surface area contributed by atoms with Crippen molar-refractivity contribution in [3.05, 3.63) is 54.9 Å². The third kappa shape index (κ3) is 4.18. The van der Waals surface area contributed by atoms with E-state index < -0.39 is 5.67 Å². The van der Waals surface area contributed by atoms with Crippen molar-refractivity contribution in [3.63, 3.8) is 0 Å². The SMILES string of the molecule is COCCOc1ccn2c(-c3ccc4cccc(N5CCC6NC[C@H](C)CC6(F)C5)c4n3)cnc2c1. The van der Waals surface area contributed by atoms with E-state index in [-0.39, 0.29) is 6.04 Å². The van der Waals surface area contributed by atoms with Gasteiger partial charge in [0.25, 0.3) is 0 Å². The number of rotatable bonds is 6. The van der Waals surface area contributed by atoms with Crippen LogP contribution in [0.15, 0.2) is 54.9 Å². The fraction of sp³-hybridized carbons (Fsp3) is 0.429. The first-order valence-electron chi connectivity index (χ1n) is 12.7. The fourth-order valence-electron chi connectivity index (χ4n) is 5.76. The average molecular weight is 490 g/mol. The highest BCUT2D eigenvalue weighted by Crippen LogP contribution is 2.38. The van der Waals surface area contributed by atoms with Crippen LogP contribution in [0.5, 0.6) is 5.75 Å². The van der Waals surface area contributed by atoms with Crippen molar-refractivity contribution in [1.29, 1.82) is 0 Å². The van der Waals surface area contributed by atoms with E-state index in [0.717, 1.165) is 58.9 Å². The molecule has 1 N–H and O–H groups in total. The molecule has 3 atom stereocenters. The van der Waals surface area contributed by atoms with Crippen LogP contribution < -0.4 is 15.0 Å². The first kappa shape index (κ1) is 23.2. The standard InChI is InChI=1S/C28H32FN5O2/c1-19-15-28(29)18-33(10-9-25(28)30-16-19)23-5-3-4-20-6-7-22(32-27(20)23)24-17-31-26-14-21(8-11-34(24)26)36-13-12-35-2/h3-8,11,14,17,19,25,30H,9-10,12-13,15-16,18H2,1-2H3/t19-,25?,28?/m1/s1. The van der Waals surface area contributed by atoms with Gasteiger partial charge >= 0.3 is 0 Å². The third-order valence-corrected chi connectivity index (χ3v) is 7.51. The van der Waals surface area contributed by atoms with Crippen LogP contribution in [-0.4, -0.2) is 66.0 Å². The number of benzene rings is 1. The van der Waals surface area contributed by atoms with Gasteiger partial charge in [0.05, 0.1) is 41.9 Å². The molecule has 4 aromatic rings. The predicted molar refractivity (Wildman–Crippen MR) is 140 cm³/mol. The molecule has 3 aromatic heterocycles. The fourth-order valence-corrected chi connectivity index (χ4v) is 5.76. The Kier molecular flexibility index (Phi) is 6.01. The van der Waals surface area contributed by atoms with Crippen LogP contribution in [0.3, 0.4) is 0 Å². The molecular weight excluding hydrogens is 457 g/mol. The monoisotopic (exact) mass is 489 g/mol. The summed E-state index contributed by atoms with van der Waals surface area (Å²) in [4.78, 5) is 11.8. The molecule has 188 valence electrons. The van der Waals surface area contributed by atoms with Crippen molar-refractivity contribution in [2.75, 3.05) is 44.9 Å². The van der Waals surface area contributed by atoms with E-state index in [0.29, 0.717) is 32.1 Å². The molecule has 5 heterocycles. The van der Waals surface area contributed by atoms with E-state index in [1.54, 1.807) is 7.11 Å². The number of nitrogens with one attached hydrogen (secondary N) is 1. The van der Waals surface area contributed by atoms with Crippen molar-refractivity contribution in [2.45, 2.75) is 31.5 Å². The summed E-state index contributed by atoms with van der Waals surface area (Å²) < 4.78 is 28.9. The van der Waals surface area contributed by atoms with E-state index in [9.17, 15) is 0 Å². The summed E-state index contributed by atoms with van der Waals surface area (Å²) in [5.41, 5.74) is 3.18. The first-order chi connectivity index (χ1) is 17.5. The molecule has 0 aliphatic carbocycles. The van der Waals surface area contributed by atoms with Crippen LogP contribution in [0.1, 0.15) is 19.8 Å². The Morgan fingerprint density at radius 1 is 1.19 bits per heavy atom. The van der Waals surface area contributed by atoms with E-state index in [1.807, 2.05) is 41.1 Å². The Morgan fingerprint density at radius 3 is 3.00 bits per heavy atom. The molecule has 36 heavy (non-hydrogen) atoms. The molecule has 1 aromatic carbocycles. The maximum atomic E-state index is 16.1. The molecular formula is C28H32FN5O2. The van der Waals surface area contributed by atoms with E-state index in [1.165, 1.54) is 0 Å². The molecule has 2 fully saturated rings. The maximum absolute atomic E-state index is 16.1. The van der Waals surface area contributed by atoms with Crippen LogP contribution in [0.2, 0.25) is 0 Å². The molecule has 8 heteroatoms. The Morgan fingerprint density at radius 2 is 2.11 bits per heavy atom. The van der Waals surface area contributed by atoms with E-state index in [2.05, 4.69) is 40.3 Å². The van der Waals surface area contributed by atoms with Gasteiger partial charge in [-0.25, -0.2) is 14.4 Å².